The number of ether oxygens (including phenoxy) is 1. The summed E-state index contributed by atoms with van der Waals surface area (Å²) in [7, 11) is 6.44. The number of nitrogens with two attached hydrogens (primary N) is 1. The van der Waals surface area contributed by atoms with E-state index in [1.165, 1.54) is 24.5 Å². The molecule has 2 aromatic heterocycles. The van der Waals surface area contributed by atoms with Gasteiger partial charge in [0, 0.05) is 39.6 Å². The summed E-state index contributed by atoms with van der Waals surface area (Å²) in [5, 5.41) is 10.6. The second-order valence-corrected chi connectivity index (χ2v) is 7.98. The van der Waals surface area contributed by atoms with Gasteiger partial charge in [-0.1, -0.05) is 6.07 Å². The molecule has 0 saturated carbocycles. The SMILES string of the molecule is CN=CN=C(N)c1cccc(Nc2nc(Nc3cnn(C(C)C)c3)ncc2C(=O)N(C)C)c1OC. The summed E-state index contributed by atoms with van der Waals surface area (Å²) in [6, 6.07) is 5.57. The molecule has 1 aromatic carbocycles. The summed E-state index contributed by atoms with van der Waals surface area (Å²) in [6.07, 6.45) is 6.36. The van der Waals surface area contributed by atoms with Gasteiger partial charge in [-0.2, -0.15) is 10.1 Å². The molecule has 184 valence electrons. The molecule has 0 spiro atoms. The summed E-state index contributed by atoms with van der Waals surface area (Å²) in [5.41, 5.74) is 8.23. The Kier molecular flexibility index (Phi) is 7.97. The van der Waals surface area contributed by atoms with Gasteiger partial charge in [0.25, 0.3) is 5.91 Å². The van der Waals surface area contributed by atoms with Gasteiger partial charge < -0.3 is 26.0 Å². The second-order valence-electron chi connectivity index (χ2n) is 7.98. The van der Waals surface area contributed by atoms with Crippen molar-refractivity contribution >= 4 is 41.2 Å². The van der Waals surface area contributed by atoms with Gasteiger partial charge >= 0.3 is 0 Å². The van der Waals surface area contributed by atoms with E-state index in [0.717, 1.165) is 5.69 Å². The van der Waals surface area contributed by atoms with Crippen LogP contribution in [0.25, 0.3) is 0 Å². The summed E-state index contributed by atoms with van der Waals surface area (Å²) in [5.74, 6) is 0.989. The van der Waals surface area contributed by atoms with E-state index in [9.17, 15) is 4.79 Å². The monoisotopic (exact) mass is 478 g/mol. The molecule has 0 bridgehead atoms. The van der Waals surface area contributed by atoms with Crippen LogP contribution in [0.2, 0.25) is 0 Å². The van der Waals surface area contributed by atoms with E-state index >= 15 is 0 Å². The summed E-state index contributed by atoms with van der Waals surface area (Å²) >= 11 is 0. The van der Waals surface area contributed by atoms with Crippen molar-refractivity contribution in [3.05, 3.63) is 47.9 Å². The third-order valence-corrected chi connectivity index (χ3v) is 4.87. The molecule has 0 aliphatic rings. The molecule has 12 heteroatoms. The lowest BCUT2D eigenvalue weighted by Gasteiger charge is -2.18. The van der Waals surface area contributed by atoms with Crippen molar-refractivity contribution in [2.75, 3.05) is 38.9 Å². The van der Waals surface area contributed by atoms with Gasteiger partial charge in [0.1, 0.15) is 23.6 Å². The van der Waals surface area contributed by atoms with Gasteiger partial charge in [0.05, 0.1) is 30.2 Å². The van der Waals surface area contributed by atoms with E-state index in [0.29, 0.717) is 28.8 Å². The number of rotatable bonds is 9. The van der Waals surface area contributed by atoms with Crippen LogP contribution >= 0.6 is 0 Å². The largest absolute Gasteiger partial charge is 0.494 e. The van der Waals surface area contributed by atoms with Crippen LogP contribution in [0.3, 0.4) is 0 Å². The number of hydrogen-bond donors (Lipinski definition) is 3. The zero-order valence-electron chi connectivity index (χ0n) is 20.6. The maximum Gasteiger partial charge on any atom is 0.258 e. The van der Waals surface area contributed by atoms with E-state index < -0.39 is 0 Å². The molecule has 3 aromatic rings. The molecule has 0 unspecified atom stereocenters. The molecule has 2 heterocycles. The van der Waals surface area contributed by atoms with E-state index in [1.807, 2.05) is 24.7 Å². The molecular weight excluding hydrogens is 448 g/mol. The number of hydrogen-bond acceptors (Lipinski definition) is 8. The molecule has 4 N–H and O–H groups in total. The number of para-hydroxylation sites is 1. The van der Waals surface area contributed by atoms with E-state index in [-0.39, 0.29) is 23.3 Å². The molecule has 0 radical (unpaired) electrons. The van der Waals surface area contributed by atoms with E-state index in [1.54, 1.807) is 45.5 Å². The maximum atomic E-state index is 12.8. The van der Waals surface area contributed by atoms with Crippen LogP contribution in [-0.2, 0) is 0 Å². The van der Waals surface area contributed by atoms with Crippen LogP contribution in [0.5, 0.6) is 5.75 Å². The minimum atomic E-state index is -0.262. The Bertz CT molecular complexity index is 1250. The molecule has 0 aliphatic carbocycles. The van der Waals surface area contributed by atoms with Crippen LogP contribution in [0, 0.1) is 0 Å². The fourth-order valence-corrected chi connectivity index (χ4v) is 3.12. The van der Waals surface area contributed by atoms with Crippen molar-refractivity contribution in [3.63, 3.8) is 0 Å². The summed E-state index contributed by atoms with van der Waals surface area (Å²) in [6.45, 7) is 4.07. The average molecular weight is 479 g/mol. The summed E-state index contributed by atoms with van der Waals surface area (Å²) in [4.78, 5) is 31.1. The van der Waals surface area contributed by atoms with Gasteiger partial charge in [-0.15, -0.1) is 0 Å². The first-order valence-electron chi connectivity index (χ1n) is 10.8. The number of amidine groups is 1. The molecule has 35 heavy (non-hydrogen) atoms. The highest BCUT2D eigenvalue weighted by Crippen LogP contribution is 2.32. The molecule has 0 aliphatic heterocycles. The number of carbonyl (C=O) groups is 1. The van der Waals surface area contributed by atoms with Crippen molar-refractivity contribution in [3.8, 4) is 5.75 Å². The third kappa shape index (κ3) is 5.91. The number of aliphatic imine (C=N–C) groups is 2. The van der Waals surface area contributed by atoms with Crippen LogP contribution < -0.4 is 21.1 Å². The van der Waals surface area contributed by atoms with Crippen LogP contribution in [0.4, 0.5) is 23.1 Å². The fourth-order valence-electron chi connectivity index (χ4n) is 3.12. The standard InChI is InChI=1S/C23H30N10O2/c1-14(2)33-12-15(10-28-33)29-23-26-11-17(22(34)32(4)5)21(31-23)30-18-9-7-8-16(19(18)35-6)20(24)27-13-25-3/h7-14H,1-6H3,(H2,24,25,27)(H2,26,29,30,31). The number of carbonyl (C=O) groups excluding carboxylic acids is 1. The van der Waals surface area contributed by atoms with Crippen molar-refractivity contribution in [1.29, 1.82) is 0 Å². The Labute approximate surface area is 204 Å². The normalized spacial score (nSPS) is 11.7. The van der Waals surface area contributed by atoms with Crippen LogP contribution in [-0.4, -0.2) is 71.0 Å². The van der Waals surface area contributed by atoms with Gasteiger partial charge in [-0.3, -0.25) is 14.5 Å². The number of anilines is 4. The molecule has 1 amide bonds. The Hall–Kier alpha value is -4.48. The van der Waals surface area contributed by atoms with Gasteiger partial charge in [0.15, 0.2) is 5.75 Å². The Balaban J connectivity index is 2.03. The molecule has 0 saturated heterocycles. The lowest BCUT2D eigenvalue weighted by molar-refractivity contribution is 0.0828. The fraction of sp³-hybridized carbons (Fsp3) is 0.304. The van der Waals surface area contributed by atoms with E-state index in [2.05, 4.69) is 35.7 Å². The second kappa shape index (κ2) is 11.1. The van der Waals surface area contributed by atoms with Crippen molar-refractivity contribution in [1.82, 2.24) is 24.6 Å². The lowest BCUT2D eigenvalue weighted by atomic mass is 10.1. The average Bonchev–Trinajstić information content (AvgIpc) is 3.31. The van der Waals surface area contributed by atoms with E-state index in [4.69, 9.17) is 10.5 Å². The smallest absolute Gasteiger partial charge is 0.258 e. The predicted octanol–water partition coefficient (Wildman–Crippen LogP) is 2.82. The van der Waals surface area contributed by atoms with Crippen LogP contribution in [0.1, 0.15) is 35.8 Å². The number of aromatic nitrogens is 4. The number of nitrogens with zero attached hydrogens (tertiary/aromatic N) is 7. The maximum absolute atomic E-state index is 12.8. The quantitative estimate of drug-likeness (QED) is 0.314. The van der Waals surface area contributed by atoms with Gasteiger partial charge in [-0.25, -0.2) is 9.98 Å². The van der Waals surface area contributed by atoms with Gasteiger partial charge in [-0.05, 0) is 26.0 Å². The number of benzene rings is 1. The Morgan fingerprint density at radius 1 is 1.23 bits per heavy atom. The first kappa shape index (κ1) is 25.1. The molecule has 0 fully saturated rings. The van der Waals surface area contributed by atoms with Crippen molar-refractivity contribution < 1.29 is 9.53 Å². The van der Waals surface area contributed by atoms with Crippen LogP contribution in [0.15, 0.2) is 46.8 Å². The number of methoxy groups -OCH3 is 1. The third-order valence-electron chi connectivity index (χ3n) is 4.87. The zero-order chi connectivity index (χ0) is 25.5. The lowest BCUT2D eigenvalue weighted by Crippen LogP contribution is -2.23. The Morgan fingerprint density at radius 2 is 2.00 bits per heavy atom. The first-order valence-corrected chi connectivity index (χ1v) is 10.8. The molecule has 12 nitrogen and oxygen atoms in total. The van der Waals surface area contributed by atoms with Crippen molar-refractivity contribution in [2.24, 2.45) is 15.7 Å². The summed E-state index contributed by atoms with van der Waals surface area (Å²) < 4.78 is 7.43. The molecular formula is C23H30N10O2. The predicted molar refractivity (Wildman–Crippen MR) is 137 cm³/mol. The Morgan fingerprint density at radius 3 is 2.63 bits per heavy atom. The highest BCUT2D eigenvalue weighted by molar-refractivity contribution is 6.05. The number of amides is 1. The minimum absolute atomic E-state index is 0.211. The molecule has 0 atom stereocenters. The topological polar surface area (TPSA) is 148 Å². The molecule has 3 rings (SSSR count). The first-order chi connectivity index (χ1) is 16.7. The number of nitrogens with one attached hydrogen (secondary N) is 2. The van der Waals surface area contributed by atoms with Gasteiger partial charge in [0.2, 0.25) is 5.95 Å². The van der Waals surface area contributed by atoms with Crippen molar-refractivity contribution in [2.45, 2.75) is 19.9 Å². The highest BCUT2D eigenvalue weighted by Gasteiger charge is 2.20. The minimum Gasteiger partial charge on any atom is -0.494 e. The highest BCUT2D eigenvalue weighted by atomic mass is 16.5. The zero-order valence-corrected chi connectivity index (χ0v) is 20.6.